The van der Waals surface area contributed by atoms with Gasteiger partial charge in [-0.05, 0) is 38.8 Å². The van der Waals surface area contributed by atoms with Gasteiger partial charge in [0.15, 0.2) is 9.84 Å². The first-order chi connectivity index (χ1) is 11.9. The lowest BCUT2D eigenvalue weighted by atomic mass is 9.99. The van der Waals surface area contributed by atoms with E-state index in [0.29, 0.717) is 6.54 Å². The van der Waals surface area contributed by atoms with Crippen LogP contribution in [0.15, 0.2) is 12.4 Å². The van der Waals surface area contributed by atoms with Gasteiger partial charge in [0, 0.05) is 24.8 Å². The molecule has 1 aromatic rings. The highest BCUT2D eigenvalue weighted by molar-refractivity contribution is 7.91. The van der Waals surface area contributed by atoms with Crippen molar-refractivity contribution in [2.75, 3.05) is 37.7 Å². The van der Waals surface area contributed by atoms with Crippen molar-refractivity contribution in [3.8, 4) is 0 Å². The standard InChI is InChI=1S/C17H28N4O3S/c1-3-20-11-15(10-18-20)16-13-25(23,24)9-8-21(16)17(22)12-19-6-4-14(2)5-7-19/h10-11,14,16H,3-9,12-13H2,1-2H3/t16-/m1/s1. The van der Waals surface area contributed by atoms with Crippen molar-refractivity contribution in [2.24, 2.45) is 5.92 Å². The number of aryl methyl sites for hydroxylation is 1. The van der Waals surface area contributed by atoms with Crippen LogP contribution in [-0.2, 0) is 21.2 Å². The summed E-state index contributed by atoms with van der Waals surface area (Å²) in [6.07, 6.45) is 5.79. The summed E-state index contributed by atoms with van der Waals surface area (Å²) >= 11 is 0. The number of aromatic nitrogens is 2. The van der Waals surface area contributed by atoms with Crippen molar-refractivity contribution in [1.82, 2.24) is 19.6 Å². The molecule has 8 heteroatoms. The summed E-state index contributed by atoms with van der Waals surface area (Å²) in [5.74, 6) is 0.789. The molecule has 0 radical (unpaired) electrons. The molecule has 0 spiro atoms. The Morgan fingerprint density at radius 2 is 2.00 bits per heavy atom. The molecule has 0 aromatic carbocycles. The number of hydrogen-bond donors (Lipinski definition) is 0. The first-order valence-corrected chi connectivity index (χ1v) is 10.9. The number of amides is 1. The van der Waals surface area contributed by atoms with E-state index < -0.39 is 15.9 Å². The van der Waals surface area contributed by atoms with Crippen LogP contribution in [0.25, 0.3) is 0 Å². The average Bonchev–Trinajstić information content (AvgIpc) is 3.05. The lowest BCUT2D eigenvalue weighted by molar-refractivity contribution is -0.134. The maximum atomic E-state index is 12.9. The van der Waals surface area contributed by atoms with Crippen molar-refractivity contribution < 1.29 is 13.2 Å². The smallest absolute Gasteiger partial charge is 0.237 e. The van der Waals surface area contributed by atoms with Gasteiger partial charge < -0.3 is 4.90 Å². The molecule has 1 amide bonds. The molecule has 3 rings (SSSR count). The minimum absolute atomic E-state index is 0.00875. The monoisotopic (exact) mass is 368 g/mol. The van der Waals surface area contributed by atoms with Crippen LogP contribution in [0.1, 0.15) is 38.3 Å². The van der Waals surface area contributed by atoms with Crippen molar-refractivity contribution in [1.29, 1.82) is 0 Å². The van der Waals surface area contributed by atoms with E-state index in [1.807, 2.05) is 13.1 Å². The molecule has 2 saturated heterocycles. The highest BCUT2D eigenvalue weighted by atomic mass is 32.2. The zero-order valence-electron chi connectivity index (χ0n) is 15.1. The topological polar surface area (TPSA) is 75.5 Å². The second kappa shape index (κ2) is 7.45. The van der Waals surface area contributed by atoms with Crippen molar-refractivity contribution >= 4 is 15.7 Å². The van der Waals surface area contributed by atoms with Gasteiger partial charge in [-0.25, -0.2) is 8.42 Å². The Morgan fingerprint density at radius 1 is 1.28 bits per heavy atom. The van der Waals surface area contributed by atoms with E-state index in [4.69, 9.17) is 0 Å². The van der Waals surface area contributed by atoms with Crippen molar-refractivity contribution in [3.05, 3.63) is 18.0 Å². The lowest BCUT2D eigenvalue weighted by Gasteiger charge is -2.37. The summed E-state index contributed by atoms with van der Waals surface area (Å²) in [5, 5.41) is 4.25. The number of rotatable bonds is 4. The van der Waals surface area contributed by atoms with Crippen LogP contribution in [0, 0.1) is 5.92 Å². The predicted molar refractivity (Wildman–Crippen MR) is 95.8 cm³/mol. The number of sulfone groups is 1. The van der Waals surface area contributed by atoms with Crippen LogP contribution in [0.5, 0.6) is 0 Å². The number of nitrogens with zero attached hydrogens (tertiary/aromatic N) is 4. The molecule has 0 N–H and O–H groups in total. The Morgan fingerprint density at radius 3 is 2.64 bits per heavy atom. The van der Waals surface area contributed by atoms with Crippen LogP contribution in [0.4, 0.5) is 0 Å². The third-order valence-corrected chi connectivity index (χ3v) is 6.98. The second-order valence-electron chi connectivity index (χ2n) is 7.31. The number of carbonyl (C=O) groups is 1. The van der Waals surface area contributed by atoms with Crippen molar-refractivity contribution in [2.45, 2.75) is 39.3 Å². The van der Waals surface area contributed by atoms with Gasteiger partial charge in [-0.3, -0.25) is 14.4 Å². The molecule has 1 aromatic heterocycles. The average molecular weight is 369 g/mol. The highest BCUT2D eigenvalue weighted by Gasteiger charge is 2.36. The third kappa shape index (κ3) is 4.41. The molecule has 0 bridgehead atoms. The van der Waals surface area contributed by atoms with Crippen LogP contribution in [-0.4, -0.2) is 71.6 Å². The SMILES string of the molecule is CCn1cc([C@H]2CS(=O)(=O)CCN2C(=O)CN2CCC(C)CC2)cn1. The number of piperidine rings is 1. The first kappa shape index (κ1) is 18.4. The molecule has 2 fully saturated rings. The van der Waals surface area contributed by atoms with Gasteiger partial charge in [0.05, 0.1) is 30.3 Å². The predicted octanol–water partition coefficient (Wildman–Crippen LogP) is 0.933. The second-order valence-corrected chi connectivity index (χ2v) is 9.53. The van der Waals surface area contributed by atoms with E-state index in [1.165, 1.54) is 0 Å². The molecule has 7 nitrogen and oxygen atoms in total. The molecule has 0 aliphatic carbocycles. The molecule has 1 atom stereocenters. The minimum Gasteiger partial charge on any atom is -0.332 e. The fraction of sp³-hybridized carbons (Fsp3) is 0.765. The fourth-order valence-electron chi connectivity index (χ4n) is 3.61. The summed E-state index contributed by atoms with van der Waals surface area (Å²) in [6.45, 7) is 7.48. The van der Waals surface area contributed by atoms with Gasteiger partial charge in [-0.1, -0.05) is 6.92 Å². The van der Waals surface area contributed by atoms with Gasteiger partial charge in [-0.2, -0.15) is 5.10 Å². The number of carbonyl (C=O) groups excluding carboxylic acids is 1. The molecular formula is C17H28N4O3S. The summed E-state index contributed by atoms with van der Waals surface area (Å²) in [6, 6.07) is -0.421. The zero-order chi connectivity index (χ0) is 18.0. The van der Waals surface area contributed by atoms with Crippen LogP contribution in [0.3, 0.4) is 0 Å². The summed E-state index contributed by atoms with van der Waals surface area (Å²) in [4.78, 5) is 16.8. The van der Waals surface area contributed by atoms with Crippen molar-refractivity contribution in [3.63, 3.8) is 0 Å². The molecule has 3 heterocycles. The normalized spacial score (nSPS) is 25.2. The highest BCUT2D eigenvalue weighted by Crippen LogP contribution is 2.27. The largest absolute Gasteiger partial charge is 0.332 e. The third-order valence-electron chi connectivity index (χ3n) is 5.35. The van der Waals surface area contributed by atoms with Crippen LogP contribution >= 0.6 is 0 Å². The Kier molecular flexibility index (Phi) is 5.48. The first-order valence-electron chi connectivity index (χ1n) is 9.12. The van der Waals surface area contributed by atoms with E-state index >= 15 is 0 Å². The molecule has 140 valence electrons. The summed E-state index contributed by atoms with van der Waals surface area (Å²) in [7, 11) is -3.13. The number of hydrogen-bond acceptors (Lipinski definition) is 5. The zero-order valence-corrected chi connectivity index (χ0v) is 15.9. The van der Waals surface area contributed by atoms with E-state index in [2.05, 4.69) is 16.9 Å². The van der Waals surface area contributed by atoms with Gasteiger partial charge in [-0.15, -0.1) is 0 Å². The molecule has 2 aliphatic heterocycles. The molecule has 0 saturated carbocycles. The quantitative estimate of drug-likeness (QED) is 0.790. The Hall–Kier alpha value is -1.41. The van der Waals surface area contributed by atoms with Gasteiger partial charge in [0.1, 0.15) is 0 Å². The Bertz CT molecular complexity index is 707. The molecule has 2 aliphatic rings. The maximum absolute atomic E-state index is 12.9. The van der Waals surface area contributed by atoms with Gasteiger partial charge in [0.2, 0.25) is 5.91 Å². The maximum Gasteiger partial charge on any atom is 0.237 e. The van der Waals surface area contributed by atoms with Crippen LogP contribution in [0.2, 0.25) is 0 Å². The van der Waals surface area contributed by atoms with E-state index in [9.17, 15) is 13.2 Å². The van der Waals surface area contributed by atoms with E-state index in [-0.39, 0.29) is 24.0 Å². The number of likely N-dealkylation sites (tertiary alicyclic amines) is 1. The van der Waals surface area contributed by atoms with E-state index in [1.54, 1.807) is 15.8 Å². The van der Waals surface area contributed by atoms with E-state index in [0.717, 1.165) is 44.0 Å². The fourth-order valence-corrected chi connectivity index (χ4v) is 5.10. The molecule has 25 heavy (non-hydrogen) atoms. The molecule has 0 unspecified atom stereocenters. The van der Waals surface area contributed by atoms with Crippen LogP contribution < -0.4 is 0 Å². The Balaban J connectivity index is 1.73. The summed E-state index contributed by atoms with van der Waals surface area (Å²) < 4.78 is 26.0. The lowest BCUT2D eigenvalue weighted by Crippen LogP contribution is -2.50. The molecular weight excluding hydrogens is 340 g/mol. The van der Waals surface area contributed by atoms with Gasteiger partial charge in [0.25, 0.3) is 0 Å². The summed E-state index contributed by atoms with van der Waals surface area (Å²) in [5.41, 5.74) is 0.811. The minimum atomic E-state index is -3.13. The van der Waals surface area contributed by atoms with Gasteiger partial charge >= 0.3 is 0 Å². The Labute approximate surface area is 149 Å².